The van der Waals surface area contributed by atoms with Gasteiger partial charge in [0.15, 0.2) is 5.96 Å². The monoisotopic (exact) mass is 362 g/mol. The highest BCUT2D eigenvalue weighted by Gasteiger charge is 2.21. The van der Waals surface area contributed by atoms with Crippen molar-refractivity contribution in [1.82, 2.24) is 10.0 Å². The van der Waals surface area contributed by atoms with E-state index in [-0.39, 0.29) is 24.0 Å². The SMILES string of the molecule is CS(=O)(=O)NCCCN=C(N)NC1CC1.I. The molecule has 16 heavy (non-hydrogen) atoms. The molecular formula is C8H19IN4O2S. The van der Waals surface area contributed by atoms with Crippen molar-refractivity contribution in [2.45, 2.75) is 25.3 Å². The summed E-state index contributed by atoms with van der Waals surface area (Å²) < 4.78 is 23.8. The van der Waals surface area contributed by atoms with Crippen LogP contribution in [0.25, 0.3) is 0 Å². The number of rotatable bonds is 6. The van der Waals surface area contributed by atoms with E-state index < -0.39 is 10.0 Å². The molecule has 0 aromatic rings. The second-order valence-electron chi connectivity index (χ2n) is 3.71. The Kier molecular flexibility index (Phi) is 7.24. The largest absolute Gasteiger partial charge is 0.370 e. The Bertz CT molecular complexity index is 327. The fourth-order valence-electron chi connectivity index (χ4n) is 1.02. The number of sulfonamides is 1. The fraction of sp³-hybridized carbons (Fsp3) is 0.875. The molecule has 0 radical (unpaired) electrons. The van der Waals surface area contributed by atoms with Crippen LogP contribution in [0.3, 0.4) is 0 Å². The van der Waals surface area contributed by atoms with Gasteiger partial charge in [0.1, 0.15) is 0 Å². The molecule has 0 aromatic carbocycles. The molecule has 1 aliphatic carbocycles. The second-order valence-corrected chi connectivity index (χ2v) is 5.54. The molecule has 1 fully saturated rings. The van der Waals surface area contributed by atoms with Crippen LogP contribution in [0, 0.1) is 0 Å². The Morgan fingerprint density at radius 2 is 2.12 bits per heavy atom. The van der Waals surface area contributed by atoms with Gasteiger partial charge in [0.25, 0.3) is 0 Å². The Labute approximate surface area is 114 Å². The number of halogens is 1. The maximum atomic E-state index is 10.7. The number of guanidine groups is 1. The molecule has 0 saturated heterocycles. The molecule has 96 valence electrons. The molecule has 0 aromatic heterocycles. The van der Waals surface area contributed by atoms with E-state index in [1.165, 1.54) is 0 Å². The normalized spacial score (nSPS) is 16.7. The van der Waals surface area contributed by atoms with Gasteiger partial charge < -0.3 is 11.1 Å². The smallest absolute Gasteiger partial charge is 0.208 e. The summed E-state index contributed by atoms with van der Waals surface area (Å²) in [7, 11) is -3.08. The van der Waals surface area contributed by atoms with Gasteiger partial charge in [-0.2, -0.15) is 0 Å². The van der Waals surface area contributed by atoms with E-state index in [9.17, 15) is 8.42 Å². The highest BCUT2D eigenvalue weighted by atomic mass is 127. The molecule has 0 atom stereocenters. The Balaban J connectivity index is 0.00000225. The molecule has 1 aliphatic rings. The molecule has 0 unspecified atom stereocenters. The van der Waals surface area contributed by atoms with Crippen LogP contribution in [-0.4, -0.2) is 39.8 Å². The predicted octanol–water partition coefficient (Wildman–Crippen LogP) is -0.390. The van der Waals surface area contributed by atoms with Gasteiger partial charge in [-0.1, -0.05) is 0 Å². The third-order valence-corrected chi connectivity index (χ3v) is 2.64. The standard InChI is InChI=1S/C8H18N4O2S.HI/c1-15(13,14)11-6-2-5-10-8(9)12-7-3-4-7;/h7,11H,2-6H2,1H3,(H3,9,10,12);1H. The van der Waals surface area contributed by atoms with Gasteiger partial charge in [0.2, 0.25) is 10.0 Å². The maximum Gasteiger partial charge on any atom is 0.208 e. The van der Waals surface area contributed by atoms with Crippen LogP contribution < -0.4 is 15.8 Å². The number of hydrogen-bond donors (Lipinski definition) is 3. The van der Waals surface area contributed by atoms with E-state index in [0.717, 1.165) is 19.1 Å². The molecule has 0 bridgehead atoms. The molecule has 8 heteroatoms. The van der Waals surface area contributed by atoms with Gasteiger partial charge in [-0.15, -0.1) is 24.0 Å². The van der Waals surface area contributed by atoms with E-state index >= 15 is 0 Å². The van der Waals surface area contributed by atoms with Crippen LogP contribution >= 0.6 is 24.0 Å². The van der Waals surface area contributed by atoms with Crippen molar-refractivity contribution in [2.75, 3.05) is 19.3 Å². The topological polar surface area (TPSA) is 96.6 Å². The van der Waals surface area contributed by atoms with E-state index in [2.05, 4.69) is 15.0 Å². The molecule has 4 N–H and O–H groups in total. The van der Waals surface area contributed by atoms with Crippen LogP contribution in [0.2, 0.25) is 0 Å². The lowest BCUT2D eigenvalue weighted by Crippen LogP contribution is -2.33. The van der Waals surface area contributed by atoms with E-state index in [4.69, 9.17) is 5.73 Å². The molecule has 6 nitrogen and oxygen atoms in total. The van der Waals surface area contributed by atoms with Gasteiger partial charge in [0, 0.05) is 19.1 Å². The summed E-state index contributed by atoms with van der Waals surface area (Å²) in [5.41, 5.74) is 5.58. The van der Waals surface area contributed by atoms with Crippen LogP contribution in [0.1, 0.15) is 19.3 Å². The minimum Gasteiger partial charge on any atom is -0.370 e. The number of nitrogens with zero attached hydrogens (tertiary/aromatic N) is 1. The highest BCUT2D eigenvalue weighted by molar-refractivity contribution is 14.0. The number of nitrogens with two attached hydrogens (primary N) is 1. The van der Waals surface area contributed by atoms with Gasteiger partial charge >= 0.3 is 0 Å². The van der Waals surface area contributed by atoms with Crippen LogP contribution in [0.15, 0.2) is 4.99 Å². The summed E-state index contributed by atoms with van der Waals surface area (Å²) >= 11 is 0. The summed E-state index contributed by atoms with van der Waals surface area (Å²) in [6.07, 6.45) is 4.11. The molecule has 1 rings (SSSR count). The molecular weight excluding hydrogens is 343 g/mol. The van der Waals surface area contributed by atoms with Gasteiger partial charge in [-0.3, -0.25) is 4.99 Å². The predicted molar refractivity (Wildman–Crippen MR) is 75.5 cm³/mol. The van der Waals surface area contributed by atoms with Crippen molar-refractivity contribution < 1.29 is 8.42 Å². The number of hydrogen-bond acceptors (Lipinski definition) is 3. The summed E-state index contributed by atoms with van der Waals surface area (Å²) in [6, 6.07) is 0.503. The zero-order chi connectivity index (χ0) is 11.3. The average Bonchev–Trinajstić information content (AvgIpc) is 2.85. The molecule has 1 saturated carbocycles. The van der Waals surface area contributed by atoms with Crippen LogP contribution in [0.4, 0.5) is 0 Å². The Morgan fingerprint density at radius 1 is 1.50 bits per heavy atom. The number of aliphatic imine (C=N–C) groups is 1. The zero-order valence-electron chi connectivity index (χ0n) is 9.27. The lowest BCUT2D eigenvalue weighted by molar-refractivity contribution is 0.586. The average molecular weight is 362 g/mol. The fourth-order valence-corrected chi connectivity index (χ4v) is 1.53. The minimum absolute atomic E-state index is 0. The second kappa shape index (κ2) is 7.28. The van der Waals surface area contributed by atoms with Crippen LogP contribution in [-0.2, 0) is 10.0 Å². The number of nitrogens with one attached hydrogen (secondary N) is 2. The lowest BCUT2D eigenvalue weighted by Gasteiger charge is -2.03. The molecule has 0 spiro atoms. The van der Waals surface area contributed by atoms with Gasteiger partial charge in [0.05, 0.1) is 6.26 Å². The van der Waals surface area contributed by atoms with Crippen LogP contribution in [0.5, 0.6) is 0 Å². The van der Waals surface area contributed by atoms with Crippen molar-refractivity contribution >= 4 is 40.0 Å². The van der Waals surface area contributed by atoms with Crippen molar-refractivity contribution in [2.24, 2.45) is 10.7 Å². The van der Waals surface area contributed by atoms with Crippen molar-refractivity contribution in [3.05, 3.63) is 0 Å². The van der Waals surface area contributed by atoms with E-state index in [1.807, 2.05) is 0 Å². The molecule has 0 amide bonds. The molecule has 0 aliphatic heterocycles. The summed E-state index contributed by atoms with van der Waals surface area (Å²) in [5, 5.41) is 3.05. The minimum atomic E-state index is -3.08. The first-order valence-corrected chi connectivity index (χ1v) is 6.87. The summed E-state index contributed by atoms with van der Waals surface area (Å²) in [5.74, 6) is 0.455. The van der Waals surface area contributed by atoms with E-state index in [0.29, 0.717) is 31.5 Å². The third-order valence-electron chi connectivity index (χ3n) is 1.91. The van der Waals surface area contributed by atoms with E-state index in [1.54, 1.807) is 0 Å². The summed E-state index contributed by atoms with van der Waals surface area (Å²) in [6.45, 7) is 0.938. The summed E-state index contributed by atoms with van der Waals surface area (Å²) in [4.78, 5) is 4.07. The first-order chi connectivity index (χ1) is 6.97. The van der Waals surface area contributed by atoms with Crippen molar-refractivity contribution in [3.63, 3.8) is 0 Å². The first-order valence-electron chi connectivity index (χ1n) is 4.98. The first kappa shape index (κ1) is 15.9. The maximum absolute atomic E-state index is 10.7. The zero-order valence-corrected chi connectivity index (χ0v) is 12.4. The quantitative estimate of drug-likeness (QED) is 0.260. The van der Waals surface area contributed by atoms with Gasteiger partial charge in [-0.25, -0.2) is 13.1 Å². The van der Waals surface area contributed by atoms with Crippen molar-refractivity contribution in [1.29, 1.82) is 0 Å². The van der Waals surface area contributed by atoms with Crippen molar-refractivity contribution in [3.8, 4) is 0 Å². The Hall–Kier alpha value is -0.0900. The lowest BCUT2D eigenvalue weighted by atomic mass is 10.4. The van der Waals surface area contributed by atoms with Gasteiger partial charge in [-0.05, 0) is 19.3 Å². The Morgan fingerprint density at radius 3 is 2.62 bits per heavy atom. The highest BCUT2D eigenvalue weighted by Crippen LogP contribution is 2.17. The molecule has 0 heterocycles. The third kappa shape index (κ3) is 9.16.